The Morgan fingerprint density at radius 3 is 0.878 bits per heavy atom. The first kappa shape index (κ1) is 37.4. The smallest absolute Gasteiger partial charge is 0.00151 e. The lowest BCUT2D eigenvalue weighted by molar-refractivity contribution is 1.18. The molecule has 0 unspecified atom stereocenters. The number of rotatable bonds is 2. The maximum Gasteiger partial charge on any atom is -0.00151 e. The minimum Gasteiger partial charge on any atom is -0.103 e. The number of benzene rings is 6. The van der Waals surface area contributed by atoms with Crippen LogP contribution >= 0.6 is 0 Å². The Labute approximate surface area is 297 Å². The van der Waals surface area contributed by atoms with Gasteiger partial charge in [0.15, 0.2) is 0 Å². The van der Waals surface area contributed by atoms with Gasteiger partial charge < -0.3 is 0 Å². The third-order valence-electron chi connectivity index (χ3n) is 11.6. The lowest BCUT2D eigenvalue weighted by atomic mass is 9.74. The summed E-state index contributed by atoms with van der Waals surface area (Å²) in [6, 6.07) is 21.2. The zero-order chi connectivity index (χ0) is 36.5. The zero-order valence-electron chi connectivity index (χ0n) is 33.1. The van der Waals surface area contributed by atoms with Gasteiger partial charge in [0, 0.05) is 0 Å². The molecule has 0 N–H and O–H groups in total. The predicted molar refractivity (Wildman–Crippen MR) is 221 cm³/mol. The first-order chi connectivity index (χ1) is 23.1. The van der Waals surface area contributed by atoms with Gasteiger partial charge >= 0.3 is 0 Å². The van der Waals surface area contributed by atoms with Gasteiger partial charge in [-0.25, -0.2) is 0 Å². The molecule has 0 bridgehead atoms. The second-order valence-electron chi connectivity index (χ2n) is 14.2. The minimum absolute atomic E-state index is 1.30. The Hall–Kier alpha value is -4.42. The van der Waals surface area contributed by atoms with Crippen LogP contribution in [0.4, 0.5) is 0 Å². The molecule has 6 aromatic carbocycles. The summed E-state index contributed by atoms with van der Waals surface area (Å²) in [7, 11) is 0. The normalized spacial score (nSPS) is 10.8. The quantitative estimate of drug-likeness (QED) is 0.130. The van der Waals surface area contributed by atoms with Gasteiger partial charge in [-0.1, -0.05) is 72.3 Å². The molecule has 0 aliphatic carbocycles. The third-order valence-corrected chi connectivity index (χ3v) is 11.6. The van der Waals surface area contributed by atoms with Crippen molar-refractivity contribution in [3.8, 4) is 22.3 Å². The van der Waals surface area contributed by atoms with Crippen LogP contribution in [0.25, 0.3) is 43.8 Å². The van der Waals surface area contributed by atoms with E-state index < -0.39 is 0 Å². The second kappa shape index (κ2) is 15.0. The molecular formula is C49H58. The van der Waals surface area contributed by atoms with Crippen LogP contribution in [0.3, 0.4) is 0 Å². The highest BCUT2D eigenvalue weighted by Gasteiger charge is 2.27. The molecule has 0 fully saturated rings. The summed E-state index contributed by atoms with van der Waals surface area (Å²) in [6.45, 7) is 37.7. The summed E-state index contributed by atoms with van der Waals surface area (Å²) < 4.78 is 0. The fourth-order valence-electron chi connectivity index (χ4n) is 7.64. The van der Waals surface area contributed by atoms with Gasteiger partial charge in [-0.05, 0) is 220 Å². The Balaban J connectivity index is 0.000000527. The molecule has 0 spiro atoms. The number of hydrogen-bond acceptors (Lipinski definition) is 0. The zero-order valence-corrected chi connectivity index (χ0v) is 33.1. The van der Waals surface area contributed by atoms with Crippen molar-refractivity contribution in [1.82, 2.24) is 0 Å². The molecule has 0 saturated heterocycles. The van der Waals surface area contributed by atoms with Crippen LogP contribution in [0.1, 0.15) is 84.8 Å². The van der Waals surface area contributed by atoms with E-state index in [0.717, 1.165) is 0 Å². The van der Waals surface area contributed by atoms with Crippen LogP contribution in [0, 0.1) is 96.9 Å². The lowest BCUT2D eigenvalue weighted by Crippen LogP contribution is -2.06. The monoisotopic (exact) mass is 646 g/mol. The van der Waals surface area contributed by atoms with Crippen LogP contribution in [0.5, 0.6) is 0 Å². The van der Waals surface area contributed by atoms with Crippen molar-refractivity contribution in [2.45, 2.75) is 104 Å². The van der Waals surface area contributed by atoms with Crippen LogP contribution < -0.4 is 0 Å². The standard InChI is InChI=1S/C40H46.C6H6.C3H6/c1-19-15-17-33(18-16-19)39-35-29(11)23(5)25(7)31(13)37(35)40(34-27(9)21(3)20(2)22(4)28(34)10)38-32(14)26(8)24(6)30(12)36(38)39;1-2-4-6-5-3-1;1-3-2/h15-18H,1-14H3;1-6H;3H,1H2,2H3. The summed E-state index contributed by atoms with van der Waals surface area (Å²) >= 11 is 0. The Morgan fingerprint density at radius 1 is 0.327 bits per heavy atom. The van der Waals surface area contributed by atoms with E-state index in [-0.39, 0.29) is 0 Å². The largest absolute Gasteiger partial charge is 0.103 e. The van der Waals surface area contributed by atoms with E-state index in [1.807, 2.05) is 43.3 Å². The van der Waals surface area contributed by atoms with Gasteiger partial charge in [0.25, 0.3) is 0 Å². The van der Waals surface area contributed by atoms with E-state index in [0.29, 0.717) is 0 Å². The Morgan fingerprint density at radius 2 is 0.571 bits per heavy atom. The average Bonchev–Trinajstić information content (AvgIpc) is 3.10. The first-order valence-electron chi connectivity index (χ1n) is 17.8. The number of fused-ring (bicyclic) bond motifs is 2. The van der Waals surface area contributed by atoms with Gasteiger partial charge in [-0.15, -0.1) is 6.58 Å². The fourth-order valence-corrected chi connectivity index (χ4v) is 7.64. The van der Waals surface area contributed by atoms with E-state index in [4.69, 9.17) is 0 Å². The van der Waals surface area contributed by atoms with Crippen LogP contribution in [-0.4, -0.2) is 0 Å². The molecule has 0 aliphatic rings. The SMILES string of the molecule is C=CC.Cc1ccc(-c2c3c(C)c(C)c(C)c(C)c3c(-c3c(C)c(C)c(C)c(C)c3C)c3c(C)c(C)c(C)c(C)c23)cc1.c1ccccc1. The van der Waals surface area contributed by atoms with Crippen molar-refractivity contribution in [3.05, 3.63) is 151 Å². The molecular weight excluding hydrogens is 589 g/mol. The van der Waals surface area contributed by atoms with E-state index in [9.17, 15) is 0 Å². The number of aryl methyl sites for hydroxylation is 5. The van der Waals surface area contributed by atoms with Crippen molar-refractivity contribution in [3.63, 3.8) is 0 Å². The lowest BCUT2D eigenvalue weighted by Gasteiger charge is -2.29. The fraction of sp³-hybridized carbons (Fsp3) is 0.306. The van der Waals surface area contributed by atoms with E-state index in [2.05, 4.69) is 128 Å². The molecule has 49 heavy (non-hydrogen) atoms. The predicted octanol–water partition coefficient (Wildman–Crippen LogP) is 14.5. The minimum atomic E-state index is 1.30. The molecule has 0 radical (unpaired) electrons. The molecule has 254 valence electrons. The van der Waals surface area contributed by atoms with Crippen LogP contribution in [-0.2, 0) is 0 Å². The van der Waals surface area contributed by atoms with Gasteiger partial charge in [-0.2, -0.15) is 0 Å². The summed E-state index contributed by atoms with van der Waals surface area (Å²) in [5, 5.41) is 5.71. The molecule has 6 aromatic rings. The Bertz CT molecular complexity index is 2050. The van der Waals surface area contributed by atoms with Gasteiger partial charge in [-0.3, -0.25) is 0 Å². The third kappa shape index (κ3) is 6.51. The highest BCUT2D eigenvalue weighted by molar-refractivity contribution is 6.25. The highest BCUT2D eigenvalue weighted by Crippen LogP contribution is 2.52. The van der Waals surface area contributed by atoms with Crippen LogP contribution in [0.15, 0.2) is 73.3 Å². The molecule has 0 heteroatoms. The van der Waals surface area contributed by atoms with Gasteiger partial charge in [0.1, 0.15) is 0 Å². The first-order valence-corrected chi connectivity index (χ1v) is 17.8. The summed E-state index contributed by atoms with van der Waals surface area (Å²) in [4.78, 5) is 0. The molecule has 0 amide bonds. The maximum atomic E-state index is 3.36. The maximum absolute atomic E-state index is 3.36. The van der Waals surface area contributed by atoms with Crippen molar-refractivity contribution in [2.75, 3.05) is 0 Å². The Kier molecular flexibility index (Phi) is 11.4. The molecule has 0 aliphatic heterocycles. The molecule has 0 aromatic heterocycles. The second-order valence-corrected chi connectivity index (χ2v) is 14.2. The average molecular weight is 647 g/mol. The van der Waals surface area contributed by atoms with Gasteiger partial charge in [0.2, 0.25) is 0 Å². The van der Waals surface area contributed by atoms with E-state index in [1.165, 1.54) is 122 Å². The highest BCUT2D eigenvalue weighted by atomic mass is 14.3. The summed E-state index contributed by atoms with van der Waals surface area (Å²) in [5.41, 5.74) is 25.2. The van der Waals surface area contributed by atoms with Crippen LogP contribution in [0.2, 0.25) is 0 Å². The van der Waals surface area contributed by atoms with E-state index >= 15 is 0 Å². The number of hydrogen-bond donors (Lipinski definition) is 0. The van der Waals surface area contributed by atoms with Crippen molar-refractivity contribution >= 4 is 21.5 Å². The van der Waals surface area contributed by atoms with Crippen molar-refractivity contribution < 1.29 is 0 Å². The topological polar surface area (TPSA) is 0 Å². The van der Waals surface area contributed by atoms with E-state index in [1.54, 1.807) is 6.08 Å². The summed E-state index contributed by atoms with van der Waals surface area (Å²) in [6.07, 6.45) is 1.75. The molecule has 6 rings (SSSR count). The summed E-state index contributed by atoms with van der Waals surface area (Å²) in [5.74, 6) is 0. The van der Waals surface area contributed by atoms with Gasteiger partial charge in [0.05, 0.1) is 0 Å². The molecule has 0 heterocycles. The molecule has 0 nitrogen and oxygen atoms in total. The van der Waals surface area contributed by atoms with Crippen molar-refractivity contribution in [2.24, 2.45) is 0 Å². The number of allylic oxidation sites excluding steroid dienone is 1. The molecule has 0 atom stereocenters. The molecule has 0 saturated carbocycles. The van der Waals surface area contributed by atoms with Crippen molar-refractivity contribution in [1.29, 1.82) is 0 Å².